The summed E-state index contributed by atoms with van der Waals surface area (Å²) in [5.74, 6) is 3.03. The number of aliphatic hydroxyl groups is 2. The summed E-state index contributed by atoms with van der Waals surface area (Å²) < 4.78 is 1.75. The van der Waals surface area contributed by atoms with Gasteiger partial charge in [0.1, 0.15) is 6.07 Å². The Morgan fingerprint density at radius 2 is 1.94 bits per heavy atom. The van der Waals surface area contributed by atoms with Crippen molar-refractivity contribution in [3.05, 3.63) is 18.0 Å². The monoisotopic (exact) mass is 453 g/mol. The van der Waals surface area contributed by atoms with E-state index in [2.05, 4.69) is 31.9 Å². The lowest BCUT2D eigenvalue weighted by Gasteiger charge is -2.58. The Balaban J connectivity index is 1.36. The lowest BCUT2D eigenvalue weighted by molar-refractivity contribution is -0.125. The molecule has 4 aliphatic carbocycles. The Kier molecular flexibility index (Phi) is 5.54. The van der Waals surface area contributed by atoms with Gasteiger partial charge in [0.15, 0.2) is 0 Å². The van der Waals surface area contributed by atoms with Crippen molar-refractivity contribution in [2.45, 2.75) is 110 Å². The molecule has 4 saturated carbocycles. The summed E-state index contributed by atoms with van der Waals surface area (Å²) in [5.41, 5.74) is -0.316. The van der Waals surface area contributed by atoms with Gasteiger partial charge in [-0.3, -0.25) is 4.68 Å². The topological polar surface area (TPSA) is 82.1 Å². The number of aromatic nitrogens is 2. The highest BCUT2D eigenvalue weighted by molar-refractivity contribution is 5.22. The molecule has 0 amide bonds. The van der Waals surface area contributed by atoms with Crippen molar-refractivity contribution in [3.8, 4) is 6.07 Å². The first-order chi connectivity index (χ1) is 15.5. The van der Waals surface area contributed by atoms with Gasteiger partial charge in [0, 0.05) is 6.20 Å². The van der Waals surface area contributed by atoms with E-state index in [0.29, 0.717) is 29.9 Å². The fraction of sp³-hybridized carbons (Fsp3) is 0.857. The summed E-state index contributed by atoms with van der Waals surface area (Å²) in [6.07, 6.45) is 14.6. The van der Waals surface area contributed by atoms with Gasteiger partial charge in [0.2, 0.25) is 0 Å². The average molecular weight is 454 g/mol. The normalized spacial score (nSPS) is 46.2. The van der Waals surface area contributed by atoms with Gasteiger partial charge in [-0.25, -0.2) is 0 Å². The van der Waals surface area contributed by atoms with Crippen LogP contribution in [0.1, 0.15) is 97.5 Å². The molecular formula is C28H43N3O2. The maximum atomic E-state index is 11.7. The maximum absolute atomic E-state index is 11.7. The van der Waals surface area contributed by atoms with Crippen LogP contribution in [-0.4, -0.2) is 31.2 Å². The van der Waals surface area contributed by atoms with Crippen molar-refractivity contribution in [2.75, 3.05) is 0 Å². The van der Waals surface area contributed by atoms with Crippen LogP contribution < -0.4 is 0 Å². The van der Waals surface area contributed by atoms with Crippen LogP contribution >= 0.6 is 0 Å². The summed E-state index contributed by atoms with van der Waals surface area (Å²) in [6.45, 7) is 9.61. The summed E-state index contributed by atoms with van der Waals surface area (Å²) in [5, 5.41) is 36.5. The Hall–Kier alpha value is -1.38. The first-order valence-corrected chi connectivity index (χ1v) is 13.4. The van der Waals surface area contributed by atoms with Gasteiger partial charge in [-0.2, -0.15) is 10.4 Å². The highest BCUT2D eigenvalue weighted by Crippen LogP contribution is 2.70. The molecule has 2 N–H and O–H groups in total. The molecule has 182 valence electrons. The van der Waals surface area contributed by atoms with Gasteiger partial charge in [-0.1, -0.05) is 27.2 Å². The molecule has 4 fully saturated rings. The van der Waals surface area contributed by atoms with Gasteiger partial charge in [-0.05, 0) is 105 Å². The minimum atomic E-state index is -0.842. The number of hydrogen-bond acceptors (Lipinski definition) is 4. The van der Waals surface area contributed by atoms with Crippen LogP contribution in [0.2, 0.25) is 0 Å². The molecule has 5 rings (SSSR count). The zero-order chi connectivity index (χ0) is 23.6. The molecule has 33 heavy (non-hydrogen) atoms. The second-order valence-corrected chi connectivity index (χ2v) is 13.1. The van der Waals surface area contributed by atoms with E-state index in [1.165, 1.54) is 32.1 Å². The number of rotatable bonds is 5. The van der Waals surface area contributed by atoms with Gasteiger partial charge < -0.3 is 10.2 Å². The van der Waals surface area contributed by atoms with Crippen LogP contribution in [-0.2, 0) is 6.54 Å². The predicted molar refractivity (Wildman–Crippen MR) is 128 cm³/mol. The van der Waals surface area contributed by atoms with Gasteiger partial charge >= 0.3 is 0 Å². The SMILES string of the molecule is CCC[C@]1(O)C[C@@H]2CC[C@@H]3[C@H](CC[C@@]4(C)[C@H]3CC[C@@H]4[C@@](C)(O)Cn3cc(C#N)cn3)[C@@]2(C)C1. The van der Waals surface area contributed by atoms with Crippen LogP contribution in [0.4, 0.5) is 0 Å². The Bertz CT molecular complexity index is 934. The molecule has 0 aliphatic heterocycles. The highest BCUT2D eigenvalue weighted by Gasteiger charge is 2.64. The minimum absolute atomic E-state index is 0.150. The molecule has 1 aromatic heterocycles. The zero-order valence-corrected chi connectivity index (χ0v) is 21.1. The molecule has 5 heteroatoms. The van der Waals surface area contributed by atoms with E-state index in [-0.39, 0.29) is 16.7 Å². The fourth-order valence-corrected chi connectivity index (χ4v) is 10.0. The molecule has 1 heterocycles. The van der Waals surface area contributed by atoms with E-state index in [4.69, 9.17) is 5.26 Å². The molecule has 0 aromatic carbocycles. The van der Waals surface area contributed by atoms with Crippen molar-refractivity contribution in [1.29, 1.82) is 5.26 Å². The highest BCUT2D eigenvalue weighted by atomic mass is 16.3. The quantitative estimate of drug-likeness (QED) is 0.633. The van der Waals surface area contributed by atoms with Crippen molar-refractivity contribution >= 4 is 0 Å². The lowest BCUT2D eigenvalue weighted by Crippen LogP contribution is -2.54. The van der Waals surface area contributed by atoms with Crippen molar-refractivity contribution < 1.29 is 10.2 Å². The first-order valence-electron chi connectivity index (χ1n) is 13.4. The second-order valence-electron chi connectivity index (χ2n) is 13.1. The van der Waals surface area contributed by atoms with E-state index in [1.54, 1.807) is 17.1 Å². The molecule has 5 nitrogen and oxygen atoms in total. The third kappa shape index (κ3) is 3.59. The summed E-state index contributed by atoms with van der Waals surface area (Å²) >= 11 is 0. The molecule has 0 saturated heterocycles. The maximum Gasteiger partial charge on any atom is 0.102 e. The van der Waals surface area contributed by atoms with E-state index < -0.39 is 11.2 Å². The van der Waals surface area contributed by atoms with Crippen molar-refractivity contribution in [2.24, 2.45) is 40.4 Å². The van der Waals surface area contributed by atoms with Crippen molar-refractivity contribution in [1.82, 2.24) is 9.78 Å². The first kappa shape index (κ1) is 23.4. The number of nitrogens with zero attached hydrogens (tertiary/aromatic N) is 3. The van der Waals surface area contributed by atoms with Gasteiger partial charge in [-0.15, -0.1) is 0 Å². The zero-order valence-electron chi connectivity index (χ0n) is 21.1. The Morgan fingerprint density at radius 3 is 2.64 bits per heavy atom. The Morgan fingerprint density at radius 1 is 1.18 bits per heavy atom. The second kappa shape index (κ2) is 7.82. The third-order valence-corrected chi connectivity index (χ3v) is 11.1. The number of fused-ring (bicyclic) bond motifs is 5. The molecule has 0 spiro atoms. The largest absolute Gasteiger partial charge is 0.390 e. The van der Waals surface area contributed by atoms with Gasteiger partial charge in [0.25, 0.3) is 0 Å². The van der Waals surface area contributed by atoms with Crippen LogP contribution in [0.3, 0.4) is 0 Å². The van der Waals surface area contributed by atoms with Crippen LogP contribution in [0, 0.1) is 51.8 Å². The summed E-state index contributed by atoms with van der Waals surface area (Å²) in [6, 6.07) is 2.14. The van der Waals surface area contributed by atoms with Crippen LogP contribution in [0.15, 0.2) is 12.4 Å². The van der Waals surface area contributed by atoms with Gasteiger partial charge in [0.05, 0.1) is 29.5 Å². The molecular weight excluding hydrogens is 410 g/mol. The smallest absolute Gasteiger partial charge is 0.102 e. The molecule has 0 unspecified atom stereocenters. The van der Waals surface area contributed by atoms with Crippen LogP contribution in [0.5, 0.6) is 0 Å². The average Bonchev–Trinajstić information content (AvgIpc) is 3.40. The van der Waals surface area contributed by atoms with Crippen LogP contribution in [0.25, 0.3) is 0 Å². The molecule has 0 bridgehead atoms. The van der Waals surface area contributed by atoms with E-state index in [9.17, 15) is 10.2 Å². The Labute approximate surface area is 199 Å². The third-order valence-electron chi connectivity index (χ3n) is 11.1. The van der Waals surface area contributed by atoms with E-state index in [0.717, 1.165) is 38.0 Å². The van der Waals surface area contributed by atoms with E-state index in [1.807, 2.05) is 6.92 Å². The summed E-state index contributed by atoms with van der Waals surface area (Å²) in [7, 11) is 0. The minimum Gasteiger partial charge on any atom is -0.390 e. The lowest BCUT2D eigenvalue weighted by atomic mass is 9.47. The fourth-order valence-electron chi connectivity index (χ4n) is 10.0. The summed E-state index contributed by atoms with van der Waals surface area (Å²) in [4.78, 5) is 0. The number of nitriles is 1. The van der Waals surface area contributed by atoms with E-state index >= 15 is 0 Å². The number of hydrogen-bond donors (Lipinski definition) is 2. The van der Waals surface area contributed by atoms with Crippen molar-refractivity contribution in [3.63, 3.8) is 0 Å². The molecule has 9 atom stereocenters. The molecule has 1 aromatic rings. The molecule has 0 radical (unpaired) electrons. The molecule has 4 aliphatic rings. The predicted octanol–water partition coefficient (Wildman–Crippen LogP) is 5.31. The standard InChI is InChI=1S/C28H43N3O2/c1-5-11-28(33)13-20-6-7-21-22-8-9-24(25(22,2)12-10-23(21)26(20,3)17-28)27(4,32)18-31-16-19(14-29)15-30-31/h15-16,20-24,32-33H,5-13,17-18H2,1-4H3/t20-,21-,22-,23-,24-,25-,26-,27-,28-/m0/s1.